The van der Waals surface area contributed by atoms with Gasteiger partial charge in [-0.2, -0.15) is 0 Å². The van der Waals surface area contributed by atoms with Crippen LogP contribution in [0.25, 0.3) is 10.2 Å². The molecule has 2 aromatic rings. The third-order valence-electron chi connectivity index (χ3n) is 2.49. The largest absolute Gasteiger partial charge is 0.358 e. The lowest BCUT2D eigenvalue weighted by Gasteiger charge is -2.18. The van der Waals surface area contributed by atoms with Gasteiger partial charge in [0.25, 0.3) is 0 Å². The Balaban J connectivity index is 2.35. The minimum Gasteiger partial charge on any atom is -0.358 e. The van der Waals surface area contributed by atoms with E-state index in [9.17, 15) is 0 Å². The molecule has 2 heterocycles. The molecule has 0 aliphatic rings. The van der Waals surface area contributed by atoms with E-state index in [1.54, 1.807) is 17.7 Å². The van der Waals surface area contributed by atoms with E-state index >= 15 is 0 Å². The quantitative estimate of drug-likeness (QED) is 0.876. The predicted molar refractivity (Wildman–Crippen MR) is 69.3 cm³/mol. The maximum absolute atomic E-state index is 4.37. The van der Waals surface area contributed by atoms with E-state index in [2.05, 4.69) is 40.2 Å². The van der Waals surface area contributed by atoms with Crippen LogP contribution in [0.15, 0.2) is 12.4 Å². The number of nitrogens with zero attached hydrogens (tertiary/aromatic N) is 3. The maximum atomic E-state index is 4.37. The number of thiophene rings is 1. The second-order valence-electron chi connectivity index (χ2n) is 3.80. The number of aryl methyl sites for hydroxylation is 1. The molecule has 0 atom stereocenters. The molecule has 5 heteroatoms. The number of fused-ring (bicyclic) bond motifs is 1. The molecule has 0 saturated heterocycles. The van der Waals surface area contributed by atoms with Gasteiger partial charge in [-0.3, -0.25) is 0 Å². The zero-order valence-electron chi connectivity index (χ0n) is 9.82. The fourth-order valence-electron chi connectivity index (χ4n) is 1.65. The average molecular weight is 236 g/mol. The Kier molecular flexibility index (Phi) is 3.36. The standard InChI is InChI=1S/C11H16N4S/c1-8-6-9-10(15(3)5-4-12-2)13-7-14-11(9)16-8/h6-7,12H,4-5H2,1-3H3. The van der Waals surface area contributed by atoms with E-state index in [1.165, 1.54) is 4.88 Å². The van der Waals surface area contributed by atoms with Gasteiger partial charge >= 0.3 is 0 Å². The summed E-state index contributed by atoms with van der Waals surface area (Å²) in [6, 6.07) is 2.16. The topological polar surface area (TPSA) is 41.0 Å². The number of nitrogens with one attached hydrogen (secondary N) is 1. The molecule has 0 aliphatic carbocycles. The smallest absolute Gasteiger partial charge is 0.140 e. The van der Waals surface area contributed by atoms with Crippen molar-refractivity contribution in [1.29, 1.82) is 0 Å². The summed E-state index contributed by atoms with van der Waals surface area (Å²) in [5.41, 5.74) is 0. The molecule has 2 rings (SSSR count). The summed E-state index contributed by atoms with van der Waals surface area (Å²) < 4.78 is 0. The zero-order valence-corrected chi connectivity index (χ0v) is 10.6. The first-order valence-corrected chi connectivity index (χ1v) is 6.11. The van der Waals surface area contributed by atoms with Crippen molar-refractivity contribution in [2.45, 2.75) is 6.92 Å². The number of hydrogen-bond donors (Lipinski definition) is 1. The normalized spacial score (nSPS) is 10.9. The summed E-state index contributed by atoms with van der Waals surface area (Å²) in [5, 5.41) is 4.30. The minimum absolute atomic E-state index is 0.942. The highest BCUT2D eigenvalue weighted by Crippen LogP contribution is 2.28. The number of anilines is 1. The molecule has 0 unspecified atom stereocenters. The lowest BCUT2D eigenvalue weighted by atomic mass is 10.3. The van der Waals surface area contributed by atoms with Gasteiger partial charge in [-0.05, 0) is 20.0 Å². The first-order chi connectivity index (χ1) is 7.72. The number of rotatable bonds is 4. The second-order valence-corrected chi connectivity index (χ2v) is 5.03. The summed E-state index contributed by atoms with van der Waals surface area (Å²) in [4.78, 5) is 13.2. The average Bonchev–Trinajstić information content (AvgIpc) is 2.65. The fourth-order valence-corrected chi connectivity index (χ4v) is 2.49. The molecular formula is C11H16N4S. The van der Waals surface area contributed by atoms with Crippen LogP contribution in [0.1, 0.15) is 4.88 Å². The van der Waals surface area contributed by atoms with Crippen molar-refractivity contribution in [2.24, 2.45) is 0 Å². The Hall–Kier alpha value is -1.20. The highest BCUT2D eigenvalue weighted by atomic mass is 32.1. The maximum Gasteiger partial charge on any atom is 0.140 e. The van der Waals surface area contributed by atoms with E-state index in [0.717, 1.165) is 29.1 Å². The molecule has 16 heavy (non-hydrogen) atoms. The van der Waals surface area contributed by atoms with Gasteiger partial charge in [-0.25, -0.2) is 9.97 Å². The van der Waals surface area contributed by atoms with Crippen molar-refractivity contribution < 1.29 is 0 Å². The number of hydrogen-bond acceptors (Lipinski definition) is 5. The van der Waals surface area contributed by atoms with Gasteiger partial charge in [-0.15, -0.1) is 11.3 Å². The van der Waals surface area contributed by atoms with Crippen molar-refractivity contribution in [1.82, 2.24) is 15.3 Å². The molecule has 1 N–H and O–H groups in total. The van der Waals surface area contributed by atoms with Crippen LogP contribution >= 0.6 is 11.3 Å². The fraction of sp³-hybridized carbons (Fsp3) is 0.455. The van der Waals surface area contributed by atoms with Crippen molar-refractivity contribution in [2.75, 3.05) is 32.1 Å². The van der Waals surface area contributed by atoms with Crippen LogP contribution < -0.4 is 10.2 Å². The van der Waals surface area contributed by atoms with Gasteiger partial charge in [0, 0.05) is 25.0 Å². The molecule has 0 radical (unpaired) electrons. The Morgan fingerprint density at radius 1 is 1.44 bits per heavy atom. The summed E-state index contributed by atoms with van der Waals surface area (Å²) >= 11 is 1.71. The summed E-state index contributed by atoms with van der Waals surface area (Å²) in [5.74, 6) is 1.02. The van der Waals surface area contributed by atoms with Crippen molar-refractivity contribution in [3.8, 4) is 0 Å². The van der Waals surface area contributed by atoms with Crippen molar-refractivity contribution in [3.63, 3.8) is 0 Å². The predicted octanol–water partition coefficient (Wildman–Crippen LogP) is 1.66. The van der Waals surface area contributed by atoms with Crippen molar-refractivity contribution >= 4 is 27.4 Å². The third kappa shape index (κ3) is 2.15. The molecular weight excluding hydrogens is 220 g/mol. The van der Waals surface area contributed by atoms with Gasteiger partial charge < -0.3 is 10.2 Å². The molecule has 0 amide bonds. The van der Waals surface area contributed by atoms with Crippen LogP contribution in [-0.2, 0) is 0 Å². The zero-order chi connectivity index (χ0) is 11.5. The highest BCUT2D eigenvalue weighted by molar-refractivity contribution is 7.18. The van der Waals surface area contributed by atoms with Crippen LogP contribution in [0, 0.1) is 6.92 Å². The molecule has 0 aromatic carbocycles. The summed E-state index contributed by atoms with van der Waals surface area (Å²) in [6.07, 6.45) is 1.64. The van der Waals surface area contributed by atoms with Crippen LogP contribution in [0.3, 0.4) is 0 Å². The Morgan fingerprint density at radius 2 is 2.25 bits per heavy atom. The second kappa shape index (κ2) is 4.76. The summed E-state index contributed by atoms with van der Waals surface area (Å²) in [6.45, 7) is 3.99. The Morgan fingerprint density at radius 3 is 3.00 bits per heavy atom. The molecule has 0 bridgehead atoms. The van der Waals surface area contributed by atoms with Gasteiger partial charge in [0.1, 0.15) is 17.0 Å². The summed E-state index contributed by atoms with van der Waals surface area (Å²) in [7, 11) is 4.02. The van der Waals surface area contributed by atoms with Crippen molar-refractivity contribution in [3.05, 3.63) is 17.3 Å². The Bertz CT molecular complexity index is 480. The van der Waals surface area contributed by atoms with Crippen LogP contribution in [0.2, 0.25) is 0 Å². The lowest BCUT2D eigenvalue weighted by molar-refractivity contribution is 0.763. The first kappa shape index (κ1) is 11.3. The molecule has 0 aliphatic heterocycles. The third-order valence-corrected chi connectivity index (χ3v) is 3.45. The van der Waals surface area contributed by atoms with E-state index in [4.69, 9.17) is 0 Å². The van der Waals surface area contributed by atoms with E-state index in [-0.39, 0.29) is 0 Å². The Labute approximate surface area is 99.3 Å². The number of aromatic nitrogens is 2. The van der Waals surface area contributed by atoms with Gasteiger partial charge in [0.15, 0.2) is 0 Å². The molecule has 0 fully saturated rings. The number of likely N-dealkylation sites (N-methyl/N-ethyl adjacent to an activating group) is 2. The van der Waals surface area contributed by atoms with Crippen LogP contribution in [0.5, 0.6) is 0 Å². The molecule has 0 saturated carbocycles. The van der Waals surface area contributed by atoms with E-state index in [1.807, 2.05) is 7.05 Å². The van der Waals surface area contributed by atoms with Gasteiger partial charge in [-0.1, -0.05) is 0 Å². The molecule has 2 aromatic heterocycles. The van der Waals surface area contributed by atoms with Gasteiger partial charge in [0.2, 0.25) is 0 Å². The van der Waals surface area contributed by atoms with Crippen LogP contribution in [-0.4, -0.2) is 37.2 Å². The lowest BCUT2D eigenvalue weighted by Crippen LogP contribution is -2.27. The SMILES string of the molecule is CNCCN(C)c1ncnc2sc(C)cc12. The van der Waals surface area contributed by atoms with Gasteiger partial charge in [0.05, 0.1) is 5.39 Å². The minimum atomic E-state index is 0.942. The van der Waals surface area contributed by atoms with E-state index < -0.39 is 0 Å². The highest BCUT2D eigenvalue weighted by Gasteiger charge is 2.10. The molecule has 86 valence electrons. The monoisotopic (exact) mass is 236 g/mol. The molecule has 4 nitrogen and oxygen atoms in total. The van der Waals surface area contributed by atoms with E-state index in [0.29, 0.717) is 0 Å². The molecule has 0 spiro atoms. The first-order valence-electron chi connectivity index (χ1n) is 5.29. The van der Waals surface area contributed by atoms with Crippen LogP contribution in [0.4, 0.5) is 5.82 Å².